The van der Waals surface area contributed by atoms with Crippen molar-refractivity contribution in [1.29, 1.82) is 0 Å². The molecule has 0 saturated carbocycles. The molecule has 0 aliphatic rings. The Morgan fingerprint density at radius 1 is 1.23 bits per heavy atom. The molecule has 0 aliphatic carbocycles. The average molecular weight is 307 g/mol. The lowest BCUT2D eigenvalue weighted by atomic mass is 9.99. The summed E-state index contributed by atoms with van der Waals surface area (Å²) in [6.45, 7) is 0. The van der Waals surface area contributed by atoms with Gasteiger partial charge in [-0.05, 0) is 35.4 Å². The molecule has 0 unspecified atom stereocenters. The second-order valence-corrected chi connectivity index (χ2v) is 4.59. The normalized spacial score (nSPS) is 11.8. The molecule has 1 aromatic carbocycles. The second kappa shape index (κ2) is 4.83. The maximum absolute atomic E-state index is 13.0. The van der Waals surface area contributed by atoms with Crippen LogP contribution in [-0.2, 0) is 6.18 Å². The van der Waals surface area contributed by atoms with Crippen LogP contribution in [0.15, 0.2) is 36.7 Å². The number of aromatic nitrogens is 3. The van der Waals surface area contributed by atoms with Crippen LogP contribution in [0.2, 0.25) is 0 Å². The first kappa shape index (κ1) is 14.1. The Balaban J connectivity index is 2.27. The number of benzene rings is 1. The van der Waals surface area contributed by atoms with Crippen molar-refractivity contribution in [2.45, 2.75) is 6.18 Å². The van der Waals surface area contributed by atoms with Gasteiger partial charge in [0.15, 0.2) is 0 Å². The van der Waals surface area contributed by atoms with Gasteiger partial charge in [-0.2, -0.15) is 18.3 Å². The van der Waals surface area contributed by atoms with Gasteiger partial charge in [-0.3, -0.25) is 5.10 Å². The van der Waals surface area contributed by atoms with Gasteiger partial charge in [0, 0.05) is 11.6 Å². The summed E-state index contributed by atoms with van der Waals surface area (Å²) < 4.78 is 39.0. The minimum Gasteiger partial charge on any atom is -0.477 e. The van der Waals surface area contributed by atoms with E-state index >= 15 is 0 Å². The minimum atomic E-state index is -4.52. The molecule has 0 saturated heterocycles. The fraction of sp³-hybridized carbons (Fsp3) is 0.0714. The van der Waals surface area contributed by atoms with Gasteiger partial charge in [0.1, 0.15) is 5.69 Å². The fourth-order valence-corrected chi connectivity index (χ4v) is 2.17. The predicted molar refractivity (Wildman–Crippen MR) is 71.3 cm³/mol. The van der Waals surface area contributed by atoms with Gasteiger partial charge < -0.3 is 5.11 Å². The molecule has 112 valence electrons. The molecule has 0 fully saturated rings. The monoisotopic (exact) mass is 307 g/mol. The minimum absolute atomic E-state index is 0.221. The molecule has 0 atom stereocenters. The molecule has 3 aromatic rings. The fourth-order valence-electron chi connectivity index (χ4n) is 2.17. The van der Waals surface area contributed by atoms with Crippen molar-refractivity contribution in [3.05, 3.63) is 47.9 Å². The van der Waals surface area contributed by atoms with Crippen LogP contribution in [0.4, 0.5) is 13.2 Å². The van der Waals surface area contributed by atoms with Crippen molar-refractivity contribution < 1.29 is 23.1 Å². The first-order chi connectivity index (χ1) is 10.4. The molecule has 22 heavy (non-hydrogen) atoms. The lowest BCUT2D eigenvalue weighted by molar-refractivity contribution is -0.137. The van der Waals surface area contributed by atoms with Crippen LogP contribution in [-0.4, -0.2) is 26.3 Å². The number of nitrogens with zero attached hydrogens (tertiary/aromatic N) is 2. The lowest BCUT2D eigenvalue weighted by Gasteiger charge is -2.10. The Labute approximate surface area is 121 Å². The van der Waals surface area contributed by atoms with E-state index in [1.54, 1.807) is 0 Å². The van der Waals surface area contributed by atoms with E-state index in [0.29, 0.717) is 10.9 Å². The van der Waals surface area contributed by atoms with Crippen molar-refractivity contribution in [2.24, 2.45) is 0 Å². The lowest BCUT2D eigenvalue weighted by Crippen LogP contribution is -2.05. The zero-order valence-electron chi connectivity index (χ0n) is 10.8. The molecule has 2 N–H and O–H groups in total. The number of pyridine rings is 1. The number of carboxylic acid groups (broad SMARTS) is 1. The summed E-state index contributed by atoms with van der Waals surface area (Å²) >= 11 is 0. The summed E-state index contributed by atoms with van der Waals surface area (Å²) in [5, 5.41) is 15.7. The summed E-state index contributed by atoms with van der Waals surface area (Å²) in [4.78, 5) is 14.6. The molecule has 2 aromatic heterocycles. The average Bonchev–Trinajstić information content (AvgIpc) is 2.93. The van der Waals surface area contributed by atoms with Gasteiger partial charge in [-0.15, -0.1) is 0 Å². The molecule has 0 bridgehead atoms. The van der Waals surface area contributed by atoms with E-state index < -0.39 is 17.7 Å². The second-order valence-electron chi connectivity index (χ2n) is 4.59. The van der Waals surface area contributed by atoms with Gasteiger partial charge >= 0.3 is 12.1 Å². The van der Waals surface area contributed by atoms with Crippen LogP contribution in [0.25, 0.3) is 22.0 Å². The third-order valence-electron chi connectivity index (χ3n) is 3.18. The Morgan fingerprint density at radius 2 is 2.00 bits per heavy atom. The van der Waals surface area contributed by atoms with Crippen molar-refractivity contribution >= 4 is 16.9 Å². The van der Waals surface area contributed by atoms with Crippen LogP contribution in [0.5, 0.6) is 0 Å². The molecule has 0 aliphatic heterocycles. The van der Waals surface area contributed by atoms with Crippen LogP contribution in [0.1, 0.15) is 16.1 Å². The van der Waals surface area contributed by atoms with Crippen LogP contribution < -0.4 is 0 Å². The quantitative estimate of drug-likeness (QED) is 0.761. The number of aromatic carboxylic acids is 1. The molecule has 2 heterocycles. The number of hydrogen-bond acceptors (Lipinski definition) is 3. The van der Waals surface area contributed by atoms with Crippen LogP contribution in [0.3, 0.4) is 0 Å². The molecule has 0 amide bonds. The van der Waals surface area contributed by atoms with Crippen molar-refractivity contribution in [3.8, 4) is 11.1 Å². The largest absolute Gasteiger partial charge is 0.477 e. The number of hydrogen-bond donors (Lipinski definition) is 2. The van der Waals surface area contributed by atoms with Crippen molar-refractivity contribution in [3.63, 3.8) is 0 Å². The Morgan fingerprint density at radius 3 is 2.68 bits per heavy atom. The third kappa shape index (κ3) is 2.39. The van der Waals surface area contributed by atoms with Crippen molar-refractivity contribution in [2.75, 3.05) is 0 Å². The highest BCUT2D eigenvalue weighted by Crippen LogP contribution is 2.36. The zero-order chi connectivity index (χ0) is 15.9. The Kier molecular flexibility index (Phi) is 3.09. The Hall–Kier alpha value is -2.90. The number of aromatic amines is 1. The van der Waals surface area contributed by atoms with Gasteiger partial charge in [0.05, 0.1) is 17.3 Å². The number of carbonyl (C=O) groups is 1. The third-order valence-corrected chi connectivity index (χ3v) is 3.18. The molecular weight excluding hydrogens is 299 g/mol. The van der Waals surface area contributed by atoms with Gasteiger partial charge in [0.25, 0.3) is 0 Å². The molecule has 5 nitrogen and oxygen atoms in total. The zero-order valence-corrected chi connectivity index (χ0v) is 10.8. The highest BCUT2D eigenvalue weighted by molar-refractivity contribution is 5.96. The maximum Gasteiger partial charge on any atom is 0.416 e. The number of rotatable bonds is 2. The van der Waals surface area contributed by atoms with E-state index in [2.05, 4.69) is 15.2 Å². The molecular formula is C14H8F3N3O2. The molecule has 8 heteroatoms. The summed E-state index contributed by atoms with van der Waals surface area (Å²) in [5.74, 6) is -1.25. The van der Waals surface area contributed by atoms with E-state index in [0.717, 1.165) is 12.1 Å². The van der Waals surface area contributed by atoms with E-state index in [9.17, 15) is 18.0 Å². The number of fused-ring (bicyclic) bond motifs is 1. The number of H-pyrrole nitrogens is 1. The molecule has 3 rings (SSSR count). The van der Waals surface area contributed by atoms with Crippen molar-refractivity contribution in [1.82, 2.24) is 15.2 Å². The SMILES string of the molecule is O=C(O)c1cc(-c2cc(C(F)(F)F)cc3[nH]ncc23)ccn1. The summed E-state index contributed by atoms with van der Waals surface area (Å²) in [6, 6.07) is 4.61. The molecule has 0 spiro atoms. The van der Waals surface area contributed by atoms with E-state index in [-0.39, 0.29) is 16.8 Å². The Bertz CT molecular complexity index is 871. The highest BCUT2D eigenvalue weighted by atomic mass is 19.4. The standard InChI is InChI=1S/C14H8F3N3O2/c15-14(16,17)8-4-9(10-6-19-20-11(10)5-8)7-1-2-18-12(3-7)13(21)22/h1-6H,(H,19,20)(H,21,22). The maximum atomic E-state index is 13.0. The van der Waals surface area contributed by atoms with E-state index in [1.165, 1.54) is 24.5 Å². The predicted octanol–water partition coefficient (Wildman–Crippen LogP) is 3.34. The van der Waals surface area contributed by atoms with E-state index in [4.69, 9.17) is 5.11 Å². The topological polar surface area (TPSA) is 78.9 Å². The van der Waals surface area contributed by atoms with Crippen LogP contribution in [0, 0.1) is 0 Å². The number of halogens is 3. The molecule has 0 radical (unpaired) electrons. The smallest absolute Gasteiger partial charge is 0.416 e. The first-order valence-electron chi connectivity index (χ1n) is 6.10. The van der Waals surface area contributed by atoms with Crippen LogP contribution >= 0.6 is 0 Å². The van der Waals surface area contributed by atoms with Gasteiger partial charge in [-0.25, -0.2) is 9.78 Å². The summed E-state index contributed by atoms with van der Waals surface area (Å²) in [5.41, 5.74) is -0.300. The van der Waals surface area contributed by atoms with Gasteiger partial charge in [-0.1, -0.05) is 0 Å². The summed E-state index contributed by atoms with van der Waals surface area (Å²) in [7, 11) is 0. The highest BCUT2D eigenvalue weighted by Gasteiger charge is 2.31. The van der Waals surface area contributed by atoms with E-state index in [1.807, 2.05) is 0 Å². The summed E-state index contributed by atoms with van der Waals surface area (Å²) in [6.07, 6.45) is -1.88. The first-order valence-corrected chi connectivity index (χ1v) is 6.10. The number of carboxylic acids is 1. The number of nitrogens with one attached hydrogen (secondary N) is 1. The number of alkyl halides is 3. The van der Waals surface area contributed by atoms with Gasteiger partial charge in [0.2, 0.25) is 0 Å².